The van der Waals surface area contributed by atoms with Crippen molar-refractivity contribution >= 4 is 23.8 Å². The monoisotopic (exact) mass is 216 g/mol. The lowest BCUT2D eigenvalue weighted by molar-refractivity contribution is -0.145. The van der Waals surface area contributed by atoms with Crippen molar-refractivity contribution in [2.24, 2.45) is 0 Å². The lowest BCUT2D eigenvalue weighted by Crippen LogP contribution is -2.21. The largest absolute Gasteiger partial charge is 0.466 e. The molecule has 78 valence electrons. The van der Waals surface area contributed by atoms with E-state index in [1.54, 1.807) is 6.92 Å². The summed E-state index contributed by atoms with van der Waals surface area (Å²) in [6.45, 7) is 1.95. The topological polar surface area (TPSA) is 79.2 Å². The van der Waals surface area contributed by atoms with E-state index in [-0.39, 0.29) is 13.0 Å². The summed E-state index contributed by atoms with van der Waals surface area (Å²) in [5.41, 5.74) is 0. The second-order valence-corrected chi connectivity index (χ2v) is 3.16. The second kappa shape index (κ2) is 8.38. The van der Waals surface area contributed by atoms with Crippen molar-refractivity contribution in [2.75, 3.05) is 12.4 Å². The summed E-state index contributed by atoms with van der Waals surface area (Å²) in [6, 6.07) is 1.94. The third-order valence-corrected chi connectivity index (χ3v) is 1.89. The maximum Gasteiger partial charge on any atom is 0.315 e. The first-order valence-electron chi connectivity index (χ1n) is 4.14. The van der Waals surface area contributed by atoms with Gasteiger partial charge in [-0.1, -0.05) is 0 Å². The minimum atomic E-state index is -0.536. The van der Waals surface area contributed by atoms with Gasteiger partial charge in [-0.2, -0.15) is 5.26 Å². The van der Waals surface area contributed by atoms with Crippen molar-refractivity contribution in [1.82, 2.24) is 4.72 Å². The summed E-state index contributed by atoms with van der Waals surface area (Å²) in [5.74, 6) is -0.414. The maximum atomic E-state index is 11.0. The number of nitriles is 1. The van der Waals surface area contributed by atoms with Crippen LogP contribution in [0.25, 0.3) is 0 Å². The maximum absolute atomic E-state index is 11.0. The van der Waals surface area contributed by atoms with E-state index in [9.17, 15) is 9.59 Å². The molecular weight excluding hydrogens is 204 g/mol. The Morgan fingerprint density at radius 1 is 1.57 bits per heavy atom. The molecule has 1 N–H and O–H groups in total. The molecule has 0 aromatic heterocycles. The van der Waals surface area contributed by atoms with Gasteiger partial charge in [0.15, 0.2) is 0 Å². The van der Waals surface area contributed by atoms with Gasteiger partial charge in [-0.15, -0.1) is 0 Å². The van der Waals surface area contributed by atoms with Gasteiger partial charge in [0.25, 0.3) is 0 Å². The molecule has 0 atom stereocenters. The van der Waals surface area contributed by atoms with Crippen LogP contribution >= 0.6 is 11.9 Å². The van der Waals surface area contributed by atoms with Crippen molar-refractivity contribution in [1.29, 1.82) is 5.26 Å². The fourth-order valence-electron chi connectivity index (χ4n) is 0.607. The quantitative estimate of drug-likeness (QED) is 0.305. The normalized spacial score (nSPS) is 8.86. The highest BCUT2D eigenvalue weighted by Crippen LogP contribution is 1.97. The SMILES string of the molecule is CCOC(=O)CC(=O)NSCCC#N. The number of amides is 1. The fourth-order valence-corrected chi connectivity index (χ4v) is 1.14. The molecule has 6 heteroatoms. The van der Waals surface area contributed by atoms with Crippen molar-refractivity contribution in [3.05, 3.63) is 0 Å². The van der Waals surface area contributed by atoms with Gasteiger partial charge in [-0.05, 0) is 18.9 Å². The van der Waals surface area contributed by atoms with Gasteiger partial charge in [0.2, 0.25) is 5.91 Å². The molecule has 1 amide bonds. The smallest absolute Gasteiger partial charge is 0.315 e. The molecule has 0 radical (unpaired) electrons. The number of carbonyl (C=O) groups is 2. The standard InChI is InChI=1S/C8H12N2O3S/c1-2-13-8(12)6-7(11)10-14-5-3-4-9/h2-3,5-6H2,1H3,(H,10,11). The Hall–Kier alpha value is -1.22. The molecule has 14 heavy (non-hydrogen) atoms. The van der Waals surface area contributed by atoms with E-state index in [1.807, 2.05) is 6.07 Å². The average molecular weight is 216 g/mol. The highest BCUT2D eigenvalue weighted by molar-refractivity contribution is 7.97. The number of nitrogens with one attached hydrogen (secondary N) is 1. The molecule has 0 bridgehead atoms. The molecule has 0 unspecified atom stereocenters. The fraction of sp³-hybridized carbons (Fsp3) is 0.625. The number of rotatable bonds is 6. The van der Waals surface area contributed by atoms with E-state index < -0.39 is 11.9 Å². The lowest BCUT2D eigenvalue weighted by atomic mass is 10.4. The molecule has 0 saturated heterocycles. The first-order chi connectivity index (χ1) is 6.70. The van der Waals surface area contributed by atoms with Crippen LogP contribution in [0, 0.1) is 11.3 Å². The Bertz CT molecular complexity index is 237. The Morgan fingerprint density at radius 2 is 2.29 bits per heavy atom. The summed E-state index contributed by atoms with van der Waals surface area (Å²) in [4.78, 5) is 21.8. The Morgan fingerprint density at radius 3 is 2.86 bits per heavy atom. The van der Waals surface area contributed by atoms with Crippen LogP contribution in [0.2, 0.25) is 0 Å². The van der Waals surface area contributed by atoms with Crippen LogP contribution in [0.5, 0.6) is 0 Å². The number of hydrogen-bond acceptors (Lipinski definition) is 5. The summed E-state index contributed by atoms with van der Waals surface area (Å²) in [6.07, 6.45) is 0.0950. The van der Waals surface area contributed by atoms with Crippen LogP contribution in [-0.4, -0.2) is 24.2 Å². The molecule has 0 aliphatic carbocycles. The molecule has 0 aromatic carbocycles. The highest BCUT2D eigenvalue weighted by Gasteiger charge is 2.09. The average Bonchev–Trinajstić information content (AvgIpc) is 2.13. The molecule has 0 aromatic rings. The summed E-state index contributed by atoms with van der Waals surface area (Å²) in [7, 11) is 0. The number of carbonyl (C=O) groups excluding carboxylic acids is 2. The van der Waals surface area contributed by atoms with Crippen molar-refractivity contribution < 1.29 is 14.3 Å². The lowest BCUT2D eigenvalue weighted by Gasteiger charge is -2.02. The number of nitrogens with zero attached hydrogens (tertiary/aromatic N) is 1. The summed E-state index contributed by atoms with van der Waals surface area (Å²) in [5, 5.41) is 8.20. The van der Waals surface area contributed by atoms with Crippen molar-refractivity contribution in [2.45, 2.75) is 19.8 Å². The van der Waals surface area contributed by atoms with Crippen LogP contribution in [0.1, 0.15) is 19.8 Å². The van der Waals surface area contributed by atoms with Gasteiger partial charge in [-0.25, -0.2) is 0 Å². The summed E-state index contributed by atoms with van der Waals surface area (Å²) < 4.78 is 7.01. The predicted octanol–water partition coefficient (Wildman–Crippen LogP) is 0.618. The number of hydrogen-bond donors (Lipinski definition) is 1. The molecule has 0 saturated carbocycles. The Balaban J connectivity index is 3.46. The van der Waals surface area contributed by atoms with Crippen LogP contribution in [-0.2, 0) is 14.3 Å². The van der Waals surface area contributed by atoms with E-state index in [1.165, 1.54) is 0 Å². The van der Waals surface area contributed by atoms with Gasteiger partial charge >= 0.3 is 5.97 Å². The Kier molecular flexibility index (Phi) is 7.65. The zero-order chi connectivity index (χ0) is 10.8. The van der Waals surface area contributed by atoms with E-state index >= 15 is 0 Å². The molecular formula is C8H12N2O3S. The predicted molar refractivity (Wildman–Crippen MR) is 52.1 cm³/mol. The highest BCUT2D eigenvalue weighted by atomic mass is 32.2. The zero-order valence-corrected chi connectivity index (χ0v) is 8.73. The second-order valence-electron chi connectivity index (χ2n) is 2.26. The third-order valence-electron chi connectivity index (χ3n) is 1.11. The van der Waals surface area contributed by atoms with Crippen LogP contribution in [0.3, 0.4) is 0 Å². The molecule has 0 aliphatic rings. The molecule has 0 aliphatic heterocycles. The first-order valence-corrected chi connectivity index (χ1v) is 5.12. The van der Waals surface area contributed by atoms with Crippen molar-refractivity contribution in [3.8, 4) is 6.07 Å². The third kappa shape index (κ3) is 7.43. The van der Waals surface area contributed by atoms with E-state index in [4.69, 9.17) is 5.26 Å². The van der Waals surface area contributed by atoms with E-state index in [0.29, 0.717) is 12.2 Å². The van der Waals surface area contributed by atoms with Gasteiger partial charge in [0, 0.05) is 12.2 Å². The van der Waals surface area contributed by atoms with Gasteiger partial charge in [-0.3, -0.25) is 14.3 Å². The first kappa shape index (κ1) is 12.8. The summed E-state index contributed by atoms with van der Waals surface area (Å²) >= 11 is 1.12. The van der Waals surface area contributed by atoms with Crippen LogP contribution in [0.4, 0.5) is 0 Å². The molecule has 0 heterocycles. The number of ether oxygens (including phenoxy) is 1. The van der Waals surface area contributed by atoms with E-state index in [0.717, 1.165) is 11.9 Å². The molecule has 0 spiro atoms. The minimum Gasteiger partial charge on any atom is -0.466 e. The Labute approximate surface area is 86.9 Å². The van der Waals surface area contributed by atoms with Gasteiger partial charge in [0.1, 0.15) is 6.42 Å². The molecule has 0 fully saturated rings. The van der Waals surface area contributed by atoms with Crippen LogP contribution < -0.4 is 4.72 Å². The van der Waals surface area contributed by atoms with Gasteiger partial charge < -0.3 is 4.74 Å². The number of esters is 1. The van der Waals surface area contributed by atoms with E-state index in [2.05, 4.69) is 9.46 Å². The van der Waals surface area contributed by atoms with Crippen molar-refractivity contribution in [3.63, 3.8) is 0 Å². The van der Waals surface area contributed by atoms with Gasteiger partial charge in [0.05, 0.1) is 12.7 Å². The minimum absolute atomic E-state index is 0.270. The van der Waals surface area contributed by atoms with Crippen LogP contribution in [0.15, 0.2) is 0 Å². The zero-order valence-electron chi connectivity index (χ0n) is 7.91. The molecule has 5 nitrogen and oxygen atoms in total. The molecule has 0 rings (SSSR count).